The lowest BCUT2D eigenvalue weighted by Gasteiger charge is -2.40. The van der Waals surface area contributed by atoms with E-state index >= 15 is 0 Å². The molecule has 2 atom stereocenters. The normalized spacial score (nSPS) is 24.8. The Bertz CT molecular complexity index is 451. The van der Waals surface area contributed by atoms with E-state index in [-0.39, 0.29) is 12.0 Å². The number of benzene rings is 1. The minimum Gasteiger partial charge on any atom is -0.491 e. The van der Waals surface area contributed by atoms with Crippen LogP contribution >= 0.6 is 0 Å². The average Bonchev–Trinajstić information content (AvgIpc) is 2.45. The zero-order chi connectivity index (χ0) is 15.3. The van der Waals surface area contributed by atoms with Crippen LogP contribution in [0.4, 0.5) is 0 Å². The Labute approximate surface area is 127 Å². The highest BCUT2D eigenvalue weighted by Gasteiger charge is 2.30. The summed E-state index contributed by atoms with van der Waals surface area (Å²) < 4.78 is 5.64. The Kier molecular flexibility index (Phi) is 5.62. The molecule has 2 N–H and O–H groups in total. The van der Waals surface area contributed by atoms with Gasteiger partial charge in [-0.2, -0.15) is 0 Å². The van der Waals surface area contributed by atoms with E-state index in [1.807, 2.05) is 31.2 Å². The molecule has 1 aliphatic rings. The Morgan fingerprint density at radius 2 is 2.24 bits per heavy atom. The molecule has 118 valence electrons. The van der Waals surface area contributed by atoms with Crippen molar-refractivity contribution in [3.05, 3.63) is 29.8 Å². The predicted octanol–water partition coefficient (Wildman–Crippen LogP) is 1.83. The van der Waals surface area contributed by atoms with Crippen LogP contribution in [0.1, 0.15) is 25.3 Å². The first-order chi connectivity index (χ1) is 10.0. The summed E-state index contributed by atoms with van der Waals surface area (Å²) in [5.74, 6) is 0.799. The van der Waals surface area contributed by atoms with Crippen LogP contribution in [0.5, 0.6) is 5.75 Å². The van der Waals surface area contributed by atoms with Gasteiger partial charge in [0.25, 0.3) is 0 Å². The molecule has 0 saturated carbocycles. The van der Waals surface area contributed by atoms with Gasteiger partial charge in [-0.15, -0.1) is 0 Å². The first kappa shape index (κ1) is 16.3. The van der Waals surface area contributed by atoms with E-state index in [2.05, 4.69) is 11.8 Å². The average molecular weight is 293 g/mol. The zero-order valence-corrected chi connectivity index (χ0v) is 13.1. The molecule has 1 fully saturated rings. The van der Waals surface area contributed by atoms with E-state index in [1.54, 1.807) is 0 Å². The number of aliphatic hydroxyl groups excluding tert-OH is 2. The lowest BCUT2D eigenvalue weighted by Crippen LogP contribution is -2.47. The lowest BCUT2D eigenvalue weighted by molar-refractivity contribution is 0.0100. The third kappa shape index (κ3) is 4.99. The van der Waals surface area contributed by atoms with E-state index in [4.69, 9.17) is 4.74 Å². The van der Waals surface area contributed by atoms with Crippen LogP contribution in [-0.2, 0) is 0 Å². The second kappa shape index (κ2) is 7.25. The molecule has 2 rings (SSSR count). The highest BCUT2D eigenvalue weighted by atomic mass is 16.5. The number of likely N-dealkylation sites (tertiary alicyclic amines) is 1. The first-order valence-corrected chi connectivity index (χ1v) is 7.71. The third-order valence-electron chi connectivity index (χ3n) is 4.14. The van der Waals surface area contributed by atoms with Gasteiger partial charge in [0.1, 0.15) is 18.5 Å². The van der Waals surface area contributed by atoms with Gasteiger partial charge in [-0.25, -0.2) is 0 Å². The van der Waals surface area contributed by atoms with E-state index < -0.39 is 6.10 Å². The predicted molar refractivity (Wildman–Crippen MR) is 83.5 cm³/mol. The largest absolute Gasteiger partial charge is 0.491 e. The highest BCUT2D eigenvalue weighted by Crippen LogP contribution is 2.28. The van der Waals surface area contributed by atoms with Gasteiger partial charge in [0, 0.05) is 25.1 Å². The van der Waals surface area contributed by atoms with Crippen molar-refractivity contribution in [1.29, 1.82) is 0 Å². The smallest absolute Gasteiger partial charge is 0.119 e. The minimum atomic E-state index is -0.508. The van der Waals surface area contributed by atoms with Crippen molar-refractivity contribution in [2.75, 3.05) is 32.8 Å². The summed E-state index contributed by atoms with van der Waals surface area (Å²) in [6.45, 7) is 7.06. The van der Waals surface area contributed by atoms with Gasteiger partial charge in [0.2, 0.25) is 0 Å². The minimum absolute atomic E-state index is 0.0324. The lowest BCUT2D eigenvalue weighted by atomic mass is 9.83. The fourth-order valence-electron chi connectivity index (χ4n) is 2.96. The molecule has 0 spiro atoms. The highest BCUT2D eigenvalue weighted by molar-refractivity contribution is 5.27. The summed E-state index contributed by atoms with van der Waals surface area (Å²) in [6.07, 6.45) is 1.62. The Hall–Kier alpha value is -1.10. The fraction of sp³-hybridized carbons (Fsp3) is 0.647. The molecular formula is C17H27NO3. The Morgan fingerprint density at radius 1 is 1.43 bits per heavy atom. The number of nitrogens with zero attached hydrogens (tertiary/aromatic N) is 1. The van der Waals surface area contributed by atoms with Crippen molar-refractivity contribution in [3.63, 3.8) is 0 Å². The van der Waals surface area contributed by atoms with Crippen LogP contribution < -0.4 is 4.74 Å². The second-order valence-electron chi connectivity index (χ2n) is 6.59. The second-order valence-corrected chi connectivity index (χ2v) is 6.59. The van der Waals surface area contributed by atoms with Crippen LogP contribution in [0.25, 0.3) is 0 Å². The molecule has 0 aromatic heterocycles. The zero-order valence-electron chi connectivity index (χ0n) is 13.1. The van der Waals surface area contributed by atoms with E-state index in [1.165, 1.54) is 0 Å². The molecule has 1 aromatic rings. The van der Waals surface area contributed by atoms with Gasteiger partial charge in [0.15, 0.2) is 0 Å². The van der Waals surface area contributed by atoms with Crippen LogP contribution in [0, 0.1) is 12.3 Å². The molecule has 1 aromatic carbocycles. The molecule has 4 nitrogen and oxygen atoms in total. The number of β-amino-alcohol motifs (C(OH)–C–C–N with tert-alkyl or cyclic N) is 1. The summed E-state index contributed by atoms with van der Waals surface area (Å²) in [7, 11) is 0. The number of hydrogen-bond donors (Lipinski definition) is 2. The van der Waals surface area contributed by atoms with Gasteiger partial charge < -0.3 is 19.8 Å². The first-order valence-electron chi connectivity index (χ1n) is 7.71. The van der Waals surface area contributed by atoms with Crippen molar-refractivity contribution < 1.29 is 14.9 Å². The summed E-state index contributed by atoms with van der Waals surface area (Å²) >= 11 is 0. The quantitative estimate of drug-likeness (QED) is 0.840. The molecular weight excluding hydrogens is 266 g/mol. The van der Waals surface area contributed by atoms with E-state index in [9.17, 15) is 10.2 Å². The van der Waals surface area contributed by atoms with E-state index in [0.29, 0.717) is 13.2 Å². The van der Waals surface area contributed by atoms with Crippen LogP contribution in [0.2, 0.25) is 0 Å². The molecule has 0 radical (unpaired) electrons. The Morgan fingerprint density at radius 3 is 2.95 bits per heavy atom. The summed E-state index contributed by atoms with van der Waals surface area (Å²) in [6, 6.07) is 7.85. The SMILES string of the molecule is Cc1cccc(OCC(O)CN2CCCC(C)(CO)C2)c1. The molecule has 4 heteroatoms. The van der Waals surface area contributed by atoms with Crippen LogP contribution in [0.3, 0.4) is 0 Å². The van der Waals surface area contributed by atoms with Crippen molar-refractivity contribution >= 4 is 0 Å². The summed E-state index contributed by atoms with van der Waals surface area (Å²) in [5, 5.41) is 19.6. The Balaban J connectivity index is 1.78. The van der Waals surface area contributed by atoms with Crippen molar-refractivity contribution in [3.8, 4) is 5.75 Å². The molecule has 2 unspecified atom stereocenters. The molecule has 0 amide bonds. The summed E-state index contributed by atoms with van der Waals surface area (Å²) in [5.41, 5.74) is 1.12. The molecule has 0 aliphatic carbocycles. The monoisotopic (exact) mass is 293 g/mol. The van der Waals surface area contributed by atoms with Crippen molar-refractivity contribution in [2.24, 2.45) is 5.41 Å². The number of aliphatic hydroxyl groups is 2. The fourth-order valence-corrected chi connectivity index (χ4v) is 2.96. The topological polar surface area (TPSA) is 52.9 Å². The maximum Gasteiger partial charge on any atom is 0.119 e. The van der Waals surface area contributed by atoms with E-state index in [0.717, 1.165) is 37.2 Å². The summed E-state index contributed by atoms with van der Waals surface area (Å²) in [4.78, 5) is 2.23. The van der Waals surface area contributed by atoms with Crippen LogP contribution in [-0.4, -0.2) is 54.1 Å². The van der Waals surface area contributed by atoms with Gasteiger partial charge >= 0.3 is 0 Å². The molecule has 1 aliphatic heterocycles. The third-order valence-corrected chi connectivity index (χ3v) is 4.14. The molecule has 1 heterocycles. The molecule has 1 saturated heterocycles. The number of rotatable bonds is 6. The van der Waals surface area contributed by atoms with Gasteiger partial charge in [-0.3, -0.25) is 0 Å². The standard InChI is InChI=1S/C17H27NO3/c1-14-5-3-6-16(9-14)21-11-15(20)10-18-8-4-7-17(2,12-18)13-19/h3,5-6,9,15,19-20H,4,7-8,10-13H2,1-2H3. The van der Waals surface area contributed by atoms with Gasteiger partial charge in [0.05, 0.1) is 0 Å². The van der Waals surface area contributed by atoms with Crippen molar-refractivity contribution in [1.82, 2.24) is 4.90 Å². The molecule has 0 bridgehead atoms. The number of piperidine rings is 1. The van der Waals surface area contributed by atoms with Gasteiger partial charge in [-0.05, 0) is 44.0 Å². The van der Waals surface area contributed by atoms with Crippen molar-refractivity contribution in [2.45, 2.75) is 32.8 Å². The number of ether oxygens (including phenoxy) is 1. The van der Waals surface area contributed by atoms with Crippen LogP contribution in [0.15, 0.2) is 24.3 Å². The number of aryl methyl sites for hydroxylation is 1. The van der Waals surface area contributed by atoms with Gasteiger partial charge in [-0.1, -0.05) is 19.1 Å². The number of hydrogen-bond acceptors (Lipinski definition) is 4. The maximum absolute atomic E-state index is 10.1. The maximum atomic E-state index is 10.1. The molecule has 21 heavy (non-hydrogen) atoms.